The molecule has 0 spiro atoms. The van der Waals surface area contributed by atoms with Crippen LogP contribution in [0, 0.1) is 6.92 Å². The Labute approximate surface area is 142 Å². The number of rotatable bonds is 5. The standard InChI is InChI=1S/C16H23N3O3.ClH/c1-11-9-12(16(21)19-7-3-4-8-19)5-6-14(11)18-15(20)13(17)10-22-2;/h5-6,9,13H,3-4,7-8,10,17H2,1-2H3,(H,18,20);1H. The summed E-state index contributed by atoms with van der Waals surface area (Å²) in [5, 5.41) is 2.76. The van der Waals surface area contributed by atoms with Crippen LogP contribution < -0.4 is 11.1 Å². The summed E-state index contributed by atoms with van der Waals surface area (Å²) in [6.45, 7) is 3.67. The van der Waals surface area contributed by atoms with Gasteiger partial charge in [0.2, 0.25) is 5.91 Å². The highest BCUT2D eigenvalue weighted by atomic mass is 35.5. The molecule has 23 heavy (non-hydrogen) atoms. The first-order chi connectivity index (χ1) is 10.5. The summed E-state index contributed by atoms with van der Waals surface area (Å²) in [6.07, 6.45) is 2.13. The molecule has 1 heterocycles. The summed E-state index contributed by atoms with van der Waals surface area (Å²) in [4.78, 5) is 26.1. The van der Waals surface area contributed by atoms with Gasteiger partial charge in [0.05, 0.1) is 6.61 Å². The first-order valence-electron chi connectivity index (χ1n) is 7.48. The molecule has 1 aliphatic heterocycles. The van der Waals surface area contributed by atoms with Crippen LogP contribution in [0.15, 0.2) is 18.2 Å². The van der Waals surface area contributed by atoms with Crippen LogP contribution in [0.5, 0.6) is 0 Å². The van der Waals surface area contributed by atoms with E-state index in [0.717, 1.165) is 31.5 Å². The van der Waals surface area contributed by atoms with Crippen molar-refractivity contribution in [2.45, 2.75) is 25.8 Å². The predicted molar refractivity (Wildman–Crippen MR) is 92.0 cm³/mol. The van der Waals surface area contributed by atoms with E-state index in [9.17, 15) is 9.59 Å². The van der Waals surface area contributed by atoms with Gasteiger partial charge in [-0.3, -0.25) is 9.59 Å². The van der Waals surface area contributed by atoms with Crippen LogP contribution in [0.3, 0.4) is 0 Å². The fraction of sp³-hybridized carbons (Fsp3) is 0.500. The minimum absolute atomic E-state index is 0. The number of amides is 2. The number of carbonyl (C=O) groups is 2. The molecule has 1 unspecified atom stereocenters. The van der Waals surface area contributed by atoms with Crippen molar-refractivity contribution in [3.8, 4) is 0 Å². The maximum absolute atomic E-state index is 12.3. The van der Waals surface area contributed by atoms with Gasteiger partial charge in [-0.15, -0.1) is 12.4 Å². The molecule has 2 rings (SSSR count). The van der Waals surface area contributed by atoms with Gasteiger partial charge < -0.3 is 20.7 Å². The van der Waals surface area contributed by atoms with E-state index < -0.39 is 6.04 Å². The molecule has 1 saturated heterocycles. The van der Waals surface area contributed by atoms with Gasteiger partial charge in [-0.05, 0) is 43.5 Å². The van der Waals surface area contributed by atoms with Gasteiger partial charge in [0.1, 0.15) is 6.04 Å². The summed E-state index contributed by atoms with van der Waals surface area (Å²) in [7, 11) is 1.50. The van der Waals surface area contributed by atoms with E-state index in [-0.39, 0.29) is 30.8 Å². The number of benzene rings is 1. The number of halogens is 1. The van der Waals surface area contributed by atoms with Gasteiger partial charge in [-0.25, -0.2) is 0 Å². The zero-order valence-corrected chi connectivity index (χ0v) is 14.3. The summed E-state index contributed by atoms with van der Waals surface area (Å²) in [6, 6.07) is 4.58. The SMILES string of the molecule is COCC(N)C(=O)Nc1ccc(C(=O)N2CCCC2)cc1C.Cl. The Morgan fingerprint density at radius 2 is 2.00 bits per heavy atom. The highest BCUT2D eigenvalue weighted by Crippen LogP contribution is 2.19. The van der Waals surface area contributed by atoms with Crippen LogP contribution >= 0.6 is 12.4 Å². The molecule has 1 aliphatic rings. The van der Waals surface area contributed by atoms with E-state index in [1.54, 1.807) is 18.2 Å². The van der Waals surface area contributed by atoms with Crippen LogP contribution in [0.2, 0.25) is 0 Å². The van der Waals surface area contributed by atoms with E-state index in [2.05, 4.69) is 5.32 Å². The number of anilines is 1. The van der Waals surface area contributed by atoms with E-state index in [1.165, 1.54) is 7.11 Å². The van der Waals surface area contributed by atoms with Crippen LogP contribution in [0.25, 0.3) is 0 Å². The zero-order chi connectivity index (χ0) is 16.1. The molecule has 0 radical (unpaired) electrons. The molecule has 0 aliphatic carbocycles. The number of nitrogens with zero attached hydrogens (tertiary/aromatic N) is 1. The fourth-order valence-electron chi connectivity index (χ4n) is 2.52. The third-order valence-electron chi connectivity index (χ3n) is 3.81. The van der Waals surface area contributed by atoms with Crippen molar-refractivity contribution >= 4 is 29.9 Å². The molecule has 0 bridgehead atoms. The molecule has 0 aromatic heterocycles. The quantitative estimate of drug-likeness (QED) is 0.851. The van der Waals surface area contributed by atoms with Gasteiger partial charge in [-0.1, -0.05) is 0 Å². The van der Waals surface area contributed by atoms with Crippen LogP contribution in [0.1, 0.15) is 28.8 Å². The minimum atomic E-state index is -0.713. The van der Waals surface area contributed by atoms with E-state index in [0.29, 0.717) is 11.3 Å². The van der Waals surface area contributed by atoms with Crippen molar-refractivity contribution in [3.63, 3.8) is 0 Å². The number of carbonyl (C=O) groups excluding carboxylic acids is 2. The molecule has 6 nitrogen and oxygen atoms in total. The molecule has 1 fully saturated rings. The average molecular weight is 342 g/mol. The van der Waals surface area contributed by atoms with Gasteiger partial charge in [0.25, 0.3) is 5.91 Å². The second-order valence-corrected chi connectivity index (χ2v) is 5.58. The maximum atomic E-state index is 12.3. The Bertz CT molecular complexity index is 560. The van der Waals surface area contributed by atoms with E-state index >= 15 is 0 Å². The number of nitrogens with one attached hydrogen (secondary N) is 1. The molecule has 1 aromatic carbocycles. The molecule has 128 valence electrons. The van der Waals surface area contributed by atoms with Crippen molar-refractivity contribution in [1.82, 2.24) is 4.90 Å². The monoisotopic (exact) mass is 341 g/mol. The lowest BCUT2D eigenvalue weighted by atomic mass is 10.1. The Morgan fingerprint density at radius 3 is 2.57 bits per heavy atom. The number of hydrogen-bond donors (Lipinski definition) is 2. The van der Waals surface area contributed by atoms with Gasteiger partial charge in [-0.2, -0.15) is 0 Å². The number of methoxy groups -OCH3 is 1. The van der Waals surface area contributed by atoms with E-state index in [4.69, 9.17) is 10.5 Å². The number of nitrogens with two attached hydrogens (primary N) is 1. The molecule has 1 atom stereocenters. The summed E-state index contributed by atoms with van der Waals surface area (Å²) < 4.78 is 4.86. The molecular formula is C16H24ClN3O3. The Morgan fingerprint density at radius 1 is 1.35 bits per heavy atom. The topological polar surface area (TPSA) is 84.7 Å². The highest BCUT2D eigenvalue weighted by Gasteiger charge is 2.20. The van der Waals surface area contributed by atoms with Crippen LogP contribution in [-0.4, -0.2) is 49.6 Å². The smallest absolute Gasteiger partial charge is 0.253 e. The molecule has 2 amide bonds. The summed E-state index contributed by atoms with van der Waals surface area (Å²) in [5.74, 6) is -0.252. The normalized spacial score (nSPS) is 15.0. The number of aryl methyl sites for hydroxylation is 1. The van der Waals surface area contributed by atoms with Crippen LogP contribution in [0.4, 0.5) is 5.69 Å². The number of likely N-dealkylation sites (tertiary alicyclic amines) is 1. The van der Waals surface area contributed by atoms with Crippen molar-refractivity contribution in [2.75, 3.05) is 32.1 Å². The first kappa shape index (κ1) is 19.4. The summed E-state index contributed by atoms with van der Waals surface area (Å²) in [5.41, 5.74) is 7.84. The largest absolute Gasteiger partial charge is 0.383 e. The lowest BCUT2D eigenvalue weighted by Crippen LogP contribution is -2.39. The first-order valence-corrected chi connectivity index (χ1v) is 7.48. The zero-order valence-electron chi connectivity index (χ0n) is 13.5. The third-order valence-corrected chi connectivity index (χ3v) is 3.81. The molecule has 3 N–H and O–H groups in total. The van der Waals surface area contributed by atoms with Crippen molar-refractivity contribution in [3.05, 3.63) is 29.3 Å². The Kier molecular flexibility index (Phi) is 7.48. The van der Waals surface area contributed by atoms with Crippen LogP contribution in [-0.2, 0) is 9.53 Å². The molecule has 7 heteroatoms. The molecule has 1 aromatic rings. The second kappa shape index (κ2) is 8.86. The van der Waals surface area contributed by atoms with E-state index in [1.807, 2.05) is 11.8 Å². The third kappa shape index (κ3) is 4.92. The average Bonchev–Trinajstić information content (AvgIpc) is 3.03. The van der Waals surface area contributed by atoms with Gasteiger partial charge >= 0.3 is 0 Å². The lowest BCUT2D eigenvalue weighted by Gasteiger charge is -2.17. The lowest BCUT2D eigenvalue weighted by molar-refractivity contribution is -0.118. The number of ether oxygens (including phenoxy) is 1. The molecule has 0 saturated carbocycles. The summed E-state index contributed by atoms with van der Waals surface area (Å²) >= 11 is 0. The van der Waals surface area contributed by atoms with Gasteiger partial charge in [0.15, 0.2) is 0 Å². The fourth-order valence-corrected chi connectivity index (χ4v) is 2.52. The maximum Gasteiger partial charge on any atom is 0.253 e. The minimum Gasteiger partial charge on any atom is -0.383 e. The predicted octanol–water partition coefficient (Wildman–Crippen LogP) is 1.57. The van der Waals surface area contributed by atoms with Crippen molar-refractivity contribution in [2.24, 2.45) is 5.73 Å². The second-order valence-electron chi connectivity index (χ2n) is 5.58. The van der Waals surface area contributed by atoms with Crippen molar-refractivity contribution in [1.29, 1.82) is 0 Å². The number of hydrogen-bond acceptors (Lipinski definition) is 4. The Hall–Kier alpha value is -1.63. The molecular weight excluding hydrogens is 318 g/mol. The van der Waals surface area contributed by atoms with Gasteiger partial charge in [0, 0.05) is 31.5 Å². The van der Waals surface area contributed by atoms with Crippen molar-refractivity contribution < 1.29 is 14.3 Å². The Balaban J connectivity index is 0.00000264. The highest BCUT2D eigenvalue weighted by molar-refractivity contribution is 5.98.